The van der Waals surface area contributed by atoms with Gasteiger partial charge in [-0.2, -0.15) is 0 Å². The molecule has 37 heavy (non-hydrogen) atoms. The summed E-state index contributed by atoms with van der Waals surface area (Å²) in [5.74, 6) is -0.113. The number of hydrogen-bond acceptors (Lipinski definition) is 3. The first-order valence-electron chi connectivity index (χ1n) is 13.9. The average molecular weight is 496 g/mol. The normalized spacial score (nSPS) is 17.1. The van der Waals surface area contributed by atoms with Gasteiger partial charge in [-0.15, -0.1) is 0 Å². The molecule has 0 radical (unpaired) electrons. The predicted molar refractivity (Wildman–Crippen MR) is 149 cm³/mol. The molecule has 1 aliphatic carbocycles. The highest BCUT2D eigenvalue weighted by molar-refractivity contribution is 6.07. The molecule has 0 amide bonds. The minimum atomic E-state index is -0.917. The van der Waals surface area contributed by atoms with Crippen LogP contribution in [0.1, 0.15) is 61.7 Å². The summed E-state index contributed by atoms with van der Waals surface area (Å²) in [5, 5.41) is 12.1. The highest BCUT2D eigenvalue weighted by atomic mass is 16.4. The third-order valence-corrected chi connectivity index (χ3v) is 8.06. The molecule has 0 bridgehead atoms. The molecule has 2 saturated heterocycles. The van der Waals surface area contributed by atoms with E-state index in [1.54, 1.807) is 12.1 Å². The number of benzene rings is 3. The maximum atomic E-state index is 12.2. The quantitative estimate of drug-likeness (QED) is 0.256. The van der Waals surface area contributed by atoms with Crippen LogP contribution >= 0.6 is 0 Å². The van der Waals surface area contributed by atoms with Crippen LogP contribution in [0.25, 0.3) is 33.4 Å². The maximum absolute atomic E-state index is 12.2. The highest BCUT2D eigenvalue weighted by Crippen LogP contribution is 2.42. The topological polar surface area (TPSA) is 56.7 Å². The van der Waals surface area contributed by atoms with Crippen LogP contribution in [0.4, 0.5) is 5.69 Å². The lowest BCUT2D eigenvalue weighted by atomic mass is 9.90. The van der Waals surface area contributed by atoms with Crippen LogP contribution in [0.2, 0.25) is 0 Å². The monoisotopic (exact) mass is 495 g/mol. The van der Waals surface area contributed by atoms with Crippen LogP contribution in [0.15, 0.2) is 65.1 Å². The zero-order valence-electron chi connectivity index (χ0n) is 21.4. The first-order valence-corrected chi connectivity index (χ1v) is 13.9. The number of carboxylic acids is 1. The lowest BCUT2D eigenvalue weighted by molar-refractivity contribution is 0.0697. The number of hydrogen-bond donors (Lipinski definition) is 1. The van der Waals surface area contributed by atoms with Crippen LogP contribution in [0.5, 0.6) is 0 Å². The summed E-state index contributed by atoms with van der Waals surface area (Å²) in [4.78, 5) is 14.7. The highest BCUT2D eigenvalue weighted by Gasteiger charge is 2.23. The molecule has 4 aliphatic rings. The largest absolute Gasteiger partial charge is 0.478 e. The molecule has 2 fully saturated rings. The van der Waals surface area contributed by atoms with Gasteiger partial charge in [-0.05, 0) is 55.5 Å². The molecule has 0 unspecified atom stereocenters. The van der Waals surface area contributed by atoms with Crippen LogP contribution in [0.3, 0.4) is 0 Å². The Bertz CT molecular complexity index is 1470. The summed E-state index contributed by atoms with van der Waals surface area (Å²) in [6.45, 7) is 4.25. The van der Waals surface area contributed by atoms with Crippen molar-refractivity contribution in [3.05, 3.63) is 71.6 Å². The Kier molecular flexibility index (Phi) is 6.69. The van der Waals surface area contributed by atoms with Crippen molar-refractivity contribution in [2.75, 3.05) is 31.1 Å². The lowest BCUT2D eigenvalue weighted by Gasteiger charge is -2.24. The second-order valence-electron chi connectivity index (χ2n) is 10.5. The molecule has 6 rings (SSSR count). The molecule has 0 saturated carbocycles. The Morgan fingerprint density at radius 3 is 2.27 bits per heavy atom. The SMILES string of the molecule is O=C(O)c1ccccc1-c1c2ccc(=[N+]3CCCCCC3)cc-2oc2cc(N3CCCCCC3)ccc12. The summed E-state index contributed by atoms with van der Waals surface area (Å²) in [5.41, 5.74) is 4.90. The van der Waals surface area contributed by atoms with Gasteiger partial charge < -0.3 is 14.4 Å². The molecule has 2 aromatic carbocycles. The second-order valence-corrected chi connectivity index (χ2v) is 10.5. The molecule has 2 aromatic rings. The van der Waals surface area contributed by atoms with Gasteiger partial charge >= 0.3 is 5.97 Å². The van der Waals surface area contributed by atoms with E-state index in [-0.39, 0.29) is 0 Å². The van der Waals surface area contributed by atoms with Crippen LogP contribution in [0, 0.1) is 0 Å². The van der Waals surface area contributed by atoms with Gasteiger partial charge in [-0.25, -0.2) is 9.37 Å². The summed E-state index contributed by atoms with van der Waals surface area (Å²) in [6.07, 6.45) is 9.99. The van der Waals surface area contributed by atoms with E-state index in [0.29, 0.717) is 5.56 Å². The first kappa shape index (κ1) is 23.8. The Morgan fingerprint density at radius 1 is 0.784 bits per heavy atom. The molecular formula is C32H35N2O3+. The zero-order valence-corrected chi connectivity index (χ0v) is 21.4. The fourth-order valence-corrected chi connectivity index (χ4v) is 6.10. The maximum Gasteiger partial charge on any atom is 0.336 e. The molecule has 190 valence electrons. The molecule has 0 aromatic heterocycles. The lowest BCUT2D eigenvalue weighted by Crippen LogP contribution is -2.30. The van der Waals surface area contributed by atoms with Gasteiger partial charge in [0, 0.05) is 60.3 Å². The minimum absolute atomic E-state index is 0.310. The van der Waals surface area contributed by atoms with Gasteiger partial charge in [0.15, 0.2) is 0 Å². The standard InChI is InChI=1S/C32H34N2O3/c35-32(36)26-12-6-5-11-25(26)31-27-15-13-23(33-17-7-1-2-8-18-33)21-29(27)37-30-22-24(14-16-28(30)31)34-19-9-3-4-10-20-34/h5-6,11-16,21-22H,1-4,7-10,17-20H2/p+1. The number of rotatable bonds is 3. The number of carboxylic acid groups (broad SMARTS) is 1. The van der Waals surface area contributed by atoms with E-state index in [4.69, 9.17) is 4.42 Å². The van der Waals surface area contributed by atoms with Gasteiger partial charge in [-0.3, -0.25) is 0 Å². The average Bonchev–Trinajstić information content (AvgIpc) is 3.37. The van der Waals surface area contributed by atoms with Crippen molar-refractivity contribution in [1.29, 1.82) is 0 Å². The number of nitrogens with zero attached hydrogens (tertiary/aromatic N) is 2. The molecular weight excluding hydrogens is 460 g/mol. The van der Waals surface area contributed by atoms with Gasteiger partial charge in [0.25, 0.3) is 0 Å². The number of anilines is 1. The fourth-order valence-electron chi connectivity index (χ4n) is 6.10. The van der Waals surface area contributed by atoms with Crippen molar-refractivity contribution >= 4 is 22.6 Å². The van der Waals surface area contributed by atoms with Crippen LogP contribution in [-0.4, -0.2) is 37.3 Å². The predicted octanol–water partition coefficient (Wildman–Crippen LogP) is 6.63. The van der Waals surface area contributed by atoms with E-state index < -0.39 is 5.97 Å². The Hall–Kier alpha value is -3.60. The molecule has 0 spiro atoms. The molecule has 5 heteroatoms. The van der Waals surface area contributed by atoms with E-state index in [1.807, 2.05) is 12.1 Å². The molecule has 1 N–H and O–H groups in total. The van der Waals surface area contributed by atoms with Crippen molar-refractivity contribution in [2.45, 2.75) is 51.4 Å². The van der Waals surface area contributed by atoms with Crippen molar-refractivity contribution < 1.29 is 14.3 Å². The second kappa shape index (κ2) is 10.4. The van der Waals surface area contributed by atoms with Crippen LogP contribution < -0.4 is 14.8 Å². The number of aromatic carboxylic acids is 1. The molecule has 0 atom stereocenters. The fraction of sp³-hybridized carbons (Fsp3) is 0.375. The summed E-state index contributed by atoms with van der Waals surface area (Å²) < 4.78 is 9.10. The number of carbonyl (C=O) groups is 1. The van der Waals surface area contributed by atoms with E-state index >= 15 is 0 Å². The van der Waals surface area contributed by atoms with E-state index in [0.717, 1.165) is 59.6 Å². The van der Waals surface area contributed by atoms with E-state index in [9.17, 15) is 9.90 Å². The van der Waals surface area contributed by atoms with E-state index in [1.165, 1.54) is 62.4 Å². The van der Waals surface area contributed by atoms with Crippen molar-refractivity contribution in [3.63, 3.8) is 0 Å². The zero-order chi connectivity index (χ0) is 25.2. The molecule has 3 heterocycles. The summed E-state index contributed by atoms with van der Waals surface area (Å²) in [6, 6.07) is 20.2. The number of fused-ring (bicyclic) bond motifs is 2. The smallest absolute Gasteiger partial charge is 0.336 e. The van der Waals surface area contributed by atoms with Gasteiger partial charge in [-0.1, -0.05) is 31.0 Å². The van der Waals surface area contributed by atoms with Crippen molar-refractivity contribution in [3.8, 4) is 22.5 Å². The Morgan fingerprint density at radius 2 is 1.51 bits per heavy atom. The van der Waals surface area contributed by atoms with Gasteiger partial charge in [0.05, 0.1) is 11.6 Å². The van der Waals surface area contributed by atoms with Crippen molar-refractivity contribution in [2.24, 2.45) is 0 Å². The Balaban J connectivity index is 1.61. The first-order chi connectivity index (χ1) is 18.2. The molecule has 5 nitrogen and oxygen atoms in total. The third kappa shape index (κ3) is 4.75. The summed E-state index contributed by atoms with van der Waals surface area (Å²) in [7, 11) is 0. The Labute approximate surface area is 218 Å². The summed E-state index contributed by atoms with van der Waals surface area (Å²) >= 11 is 0. The van der Waals surface area contributed by atoms with Crippen molar-refractivity contribution in [1.82, 2.24) is 4.58 Å². The van der Waals surface area contributed by atoms with E-state index in [2.05, 4.69) is 45.9 Å². The van der Waals surface area contributed by atoms with Crippen LogP contribution in [-0.2, 0) is 0 Å². The van der Waals surface area contributed by atoms with Gasteiger partial charge in [0.1, 0.15) is 24.4 Å². The minimum Gasteiger partial charge on any atom is -0.478 e. The third-order valence-electron chi connectivity index (χ3n) is 8.06. The molecule has 3 aliphatic heterocycles. The van der Waals surface area contributed by atoms with Gasteiger partial charge in [0.2, 0.25) is 5.36 Å².